The van der Waals surface area contributed by atoms with E-state index in [9.17, 15) is 5.11 Å². The van der Waals surface area contributed by atoms with Crippen molar-refractivity contribution in [2.45, 2.75) is 65.0 Å². The van der Waals surface area contributed by atoms with Crippen LogP contribution < -0.4 is 0 Å². The largest absolute Gasteiger partial charge is 0.390 e. The Morgan fingerprint density at radius 2 is 2.11 bits per heavy atom. The zero-order valence-corrected chi connectivity index (χ0v) is 12.3. The maximum atomic E-state index is 10.5. The van der Waals surface area contributed by atoms with Crippen LogP contribution in [-0.4, -0.2) is 20.5 Å². The summed E-state index contributed by atoms with van der Waals surface area (Å²) in [6.45, 7) is 6.83. The van der Waals surface area contributed by atoms with E-state index in [4.69, 9.17) is 11.6 Å². The summed E-state index contributed by atoms with van der Waals surface area (Å²) in [5.74, 6) is 0.711. The number of aromatic nitrogens is 2. The van der Waals surface area contributed by atoms with Crippen molar-refractivity contribution in [3.8, 4) is 0 Å². The summed E-state index contributed by atoms with van der Waals surface area (Å²) in [4.78, 5) is 0. The van der Waals surface area contributed by atoms with Crippen molar-refractivity contribution in [3.63, 3.8) is 0 Å². The molecule has 0 aromatic carbocycles. The van der Waals surface area contributed by atoms with Crippen LogP contribution in [0, 0.1) is 5.92 Å². The average molecular weight is 271 g/mol. The number of nitrogens with zero attached hydrogens (tertiary/aromatic N) is 2. The van der Waals surface area contributed by atoms with Crippen molar-refractivity contribution in [1.29, 1.82) is 0 Å². The molecule has 1 heterocycles. The predicted octanol–water partition coefficient (Wildman–Crippen LogP) is 3.21. The molecule has 1 N–H and O–H groups in total. The molecular formula is C14H23ClN2O. The van der Waals surface area contributed by atoms with Gasteiger partial charge in [-0.05, 0) is 32.6 Å². The Hall–Kier alpha value is -0.540. The first kappa shape index (κ1) is 13.9. The molecule has 0 bridgehead atoms. The molecule has 4 heteroatoms. The third-order valence-electron chi connectivity index (χ3n) is 3.67. The third-order valence-corrected chi connectivity index (χ3v) is 4.10. The summed E-state index contributed by atoms with van der Waals surface area (Å²) in [7, 11) is 0. The SMILES string of the molecule is CCc1nn(CC)c(CC(C)(O)CC2CC2)c1Cl. The third kappa shape index (κ3) is 3.07. The Labute approximate surface area is 114 Å². The average Bonchev–Trinajstić information content (AvgIpc) is 3.05. The lowest BCUT2D eigenvalue weighted by Crippen LogP contribution is -2.29. The topological polar surface area (TPSA) is 38.0 Å². The summed E-state index contributed by atoms with van der Waals surface area (Å²) >= 11 is 6.37. The highest BCUT2D eigenvalue weighted by molar-refractivity contribution is 6.31. The van der Waals surface area contributed by atoms with Gasteiger partial charge in [-0.15, -0.1) is 0 Å². The van der Waals surface area contributed by atoms with Gasteiger partial charge in [0.1, 0.15) is 0 Å². The monoisotopic (exact) mass is 270 g/mol. The zero-order chi connectivity index (χ0) is 13.3. The highest BCUT2D eigenvalue weighted by Gasteiger charge is 2.33. The Morgan fingerprint density at radius 3 is 2.61 bits per heavy atom. The second-order valence-electron chi connectivity index (χ2n) is 5.70. The van der Waals surface area contributed by atoms with Crippen molar-refractivity contribution in [2.75, 3.05) is 0 Å². The van der Waals surface area contributed by atoms with Crippen molar-refractivity contribution >= 4 is 11.6 Å². The smallest absolute Gasteiger partial charge is 0.0850 e. The molecule has 0 aliphatic heterocycles. The second-order valence-corrected chi connectivity index (χ2v) is 6.08. The van der Waals surface area contributed by atoms with Crippen LogP contribution >= 0.6 is 11.6 Å². The molecule has 1 aromatic heterocycles. The second kappa shape index (κ2) is 5.22. The summed E-state index contributed by atoms with van der Waals surface area (Å²) in [6, 6.07) is 0. The van der Waals surface area contributed by atoms with Crippen LogP contribution in [-0.2, 0) is 19.4 Å². The molecule has 18 heavy (non-hydrogen) atoms. The predicted molar refractivity (Wildman–Crippen MR) is 74.0 cm³/mol. The molecule has 0 amide bonds. The van der Waals surface area contributed by atoms with Crippen LogP contribution in [0.15, 0.2) is 0 Å². The molecule has 2 rings (SSSR count). The van der Waals surface area contributed by atoms with Crippen LogP contribution in [0.1, 0.15) is 51.4 Å². The first-order valence-corrected chi connectivity index (χ1v) is 7.31. The van der Waals surface area contributed by atoms with Crippen LogP contribution in [0.2, 0.25) is 5.02 Å². The molecule has 1 fully saturated rings. The van der Waals surface area contributed by atoms with E-state index in [1.54, 1.807) is 0 Å². The fourth-order valence-corrected chi connectivity index (χ4v) is 2.90. The molecule has 3 nitrogen and oxygen atoms in total. The standard InChI is InChI=1S/C14H23ClN2O/c1-4-11-13(15)12(17(5-2)16-11)9-14(3,18)8-10-6-7-10/h10,18H,4-9H2,1-3H3. The lowest BCUT2D eigenvalue weighted by Gasteiger charge is -2.23. The molecule has 1 saturated carbocycles. The van der Waals surface area contributed by atoms with E-state index in [1.165, 1.54) is 12.8 Å². The zero-order valence-electron chi connectivity index (χ0n) is 11.5. The summed E-state index contributed by atoms with van der Waals surface area (Å²) < 4.78 is 1.93. The van der Waals surface area contributed by atoms with E-state index in [1.807, 2.05) is 11.6 Å². The molecule has 1 atom stereocenters. The van der Waals surface area contributed by atoms with Gasteiger partial charge in [-0.2, -0.15) is 5.10 Å². The minimum atomic E-state index is -0.664. The molecule has 0 saturated heterocycles. The van der Waals surface area contributed by atoms with E-state index in [2.05, 4.69) is 18.9 Å². The van der Waals surface area contributed by atoms with Crippen LogP contribution in [0.25, 0.3) is 0 Å². The molecule has 1 aliphatic carbocycles. The number of hydrogen-bond acceptors (Lipinski definition) is 2. The first-order chi connectivity index (χ1) is 8.46. The first-order valence-electron chi connectivity index (χ1n) is 6.93. The van der Waals surface area contributed by atoms with Gasteiger partial charge in [0, 0.05) is 13.0 Å². The van der Waals surface area contributed by atoms with Crippen LogP contribution in [0.4, 0.5) is 0 Å². The molecule has 1 aromatic rings. The fraction of sp³-hybridized carbons (Fsp3) is 0.786. The minimum absolute atomic E-state index is 0.600. The van der Waals surface area contributed by atoms with Gasteiger partial charge in [0.15, 0.2) is 0 Å². The van der Waals surface area contributed by atoms with Gasteiger partial charge in [-0.1, -0.05) is 31.4 Å². The van der Waals surface area contributed by atoms with E-state index in [0.717, 1.165) is 35.8 Å². The lowest BCUT2D eigenvalue weighted by atomic mass is 9.93. The summed E-state index contributed by atoms with van der Waals surface area (Å²) in [6.07, 6.45) is 4.83. The minimum Gasteiger partial charge on any atom is -0.390 e. The number of halogens is 1. The number of aliphatic hydroxyl groups is 1. The normalized spacial score (nSPS) is 18.9. The molecule has 102 valence electrons. The molecular weight excluding hydrogens is 248 g/mol. The van der Waals surface area contributed by atoms with Crippen molar-refractivity contribution in [2.24, 2.45) is 5.92 Å². The maximum Gasteiger partial charge on any atom is 0.0850 e. The summed E-state index contributed by atoms with van der Waals surface area (Å²) in [5.41, 5.74) is 1.26. The lowest BCUT2D eigenvalue weighted by molar-refractivity contribution is 0.0435. The highest BCUT2D eigenvalue weighted by Crippen LogP contribution is 2.38. The number of aryl methyl sites for hydroxylation is 2. The van der Waals surface area contributed by atoms with Gasteiger partial charge in [0.25, 0.3) is 0 Å². The Bertz CT molecular complexity index is 422. The van der Waals surface area contributed by atoms with E-state index < -0.39 is 5.60 Å². The molecule has 0 radical (unpaired) electrons. The van der Waals surface area contributed by atoms with Gasteiger partial charge in [0.2, 0.25) is 0 Å². The number of rotatable bonds is 6. The molecule has 1 unspecified atom stereocenters. The van der Waals surface area contributed by atoms with Crippen molar-refractivity contribution in [1.82, 2.24) is 9.78 Å². The van der Waals surface area contributed by atoms with Gasteiger partial charge in [0.05, 0.1) is 22.0 Å². The van der Waals surface area contributed by atoms with Gasteiger partial charge in [-0.25, -0.2) is 0 Å². The summed E-state index contributed by atoms with van der Waals surface area (Å²) in [5, 5.41) is 15.7. The Kier molecular flexibility index (Phi) is 4.02. The van der Waals surface area contributed by atoms with Crippen molar-refractivity contribution in [3.05, 3.63) is 16.4 Å². The van der Waals surface area contributed by atoms with Crippen LogP contribution in [0.3, 0.4) is 0 Å². The van der Waals surface area contributed by atoms with Crippen molar-refractivity contribution < 1.29 is 5.11 Å². The molecule has 1 aliphatic rings. The van der Waals surface area contributed by atoms with E-state index >= 15 is 0 Å². The quantitative estimate of drug-likeness (QED) is 0.862. The Morgan fingerprint density at radius 1 is 1.44 bits per heavy atom. The van der Waals surface area contributed by atoms with Gasteiger partial charge >= 0.3 is 0 Å². The molecule has 0 spiro atoms. The van der Waals surface area contributed by atoms with E-state index in [0.29, 0.717) is 12.3 Å². The van der Waals surface area contributed by atoms with Crippen LogP contribution in [0.5, 0.6) is 0 Å². The number of hydrogen-bond donors (Lipinski definition) is 1. The fourth-order valence-electron chi connectivity index (χ4n) is 2.56. The maximum absolute atomic E-state index is 10.5. The van der Waals surface area contributed by atoms with E-state index in [-0.39, 0.29) is 0 Å². The van der Waals surface area contributed by atoms with Gasteiger partial charge < -0.3 is 5.11 Å². The highest BCUT2D eigenvalue weighted by atomic mass is 35.5. The Balaban J connectivity index is 2.18. The van der Waals surface area contributed by atoms with Gasteiger partial charge in [-0.3, -0.25) is 4.68 Å².